The number of hydrogen-bond acceptors (Lipinski definition) is 7. The van der Waals surface area contributed by atoms with Crippen molar-refractivity contribution in [3.05, 3.63) is 88.4 Å². The summed E-state index contributed by atoms with van der Waals surface area (Å²) in [5.41, 5.74) is 3.20. The number of aryl methyl sites for hydroxylation is 1. The van der Waals surface area contributed by atoms with Crippen molar-refractivity contribution < 1.29 is 29.0 Å². The first-order valence-electron chi connectivity index (χ1n) is 11.6. The maximum absolute atomic E-state index is 13.0. The molecule has 1 aliphatic heterocycles. The van der Waals surface area contributed by atoms with Gasteiger partial charge in [-0.2, -0.15) is 5.10 Å². The van der Waals surface area contributed by atoms with E-state index in [1.807, 2.05) is 0 Å². The summed E-state index contributed by atoms with van der Waals surface area (Å²) in [6.45, 7) is 1.94. The lowest BCUT2D eigenvalue weighted by molar-refractivity contribution is -0.118. The zero-order chi connectivity index (χ0) is 26.8. The Hall–Kier alpha value is -5.26. The van der Waals surface area contributed by atoms with Crippen molar-refractivity contribution in [1.29, 1.82) is 0 Å². The van der Waals surface area contributed by atoms with E-state index in [4.69, 9.17) is 4.74 Å². The molecule has 0 spiro atoms. The normalized spacial score (nSPS) is 12.3. The second kappa shape index (κ2) is 10.0. The van der Waals surface area contributed by atoms with Crippen molar-refractivity contribution >= 4 is 35.0 Å². The molecule has 0 saturated carbocycles. The average Bonchev–Trinajstić information content (AvgIpc) is 3.38. The highest BCUT2D eigenvalue weighted by atomic mass is 16.5. The molecule has 0 saturated heterocycles. The fourth-order valence-electron chi connectivity index (χ4n) is 4.05. The fraction of sp³-hybridized carbons (Fsp3) is 0.154. The molecule has 0 radical (unpaired) electrons. The van der Waals surface area contributed by atoms with Gasteiger partial charge >= 0.3 is 5.97 Å². The average molecular weight is 514 g/mol. The maximum Gasteiger partial charge on any atom is 0.335 e. The third-order valence-corrected chi connectivity index (χ3v) is 5.93. The number of hydrogen-bond donors (Lipinski definition) is 4. The molecule has 0 atom stereocenters. The number of fused-ring (bicyclic) bond motifs is 2. The van der Waals surface area contributed by atoms with E-state index in [9.17, 15) is 24.3 Å². The van der Waals surface area contributed by atoms with Crippen LogP contribution in [-0.2, 0) is 17.9 Å². The Kier molecular flexibility index (Phi) is 6.44. The first-order valence-corrected chi connectivity index (χ1v) is 11.6. The van der Waals surface area contributed by atoms with Crippen LogP contribution in [0, 0.1) is 6.92 Å². The number of nitrogens with one attached hydrogen (secondary N) is 3. The van der Waals surface area contributed by atoms with Crippen LogP contribution in [0.5, 0.6) is 5.75 Å². The first kappa shape index (κ1) is 24.4. The molecule has 12 nitrogen and oxygen atoms in total. The summed E-state index contributed by atoms with van der Waals surface area (Å²) in [4.78, 5) is 53.1. The monoisotopic (exact) mass is 514 g/mol. The number of benzene rings is 2. The number of carbonyl (C=O) groups is 4. The molecule has 1 aliphatic rings. The number of rotatable bonds is 7. The number of amides is 3. The number of carboxylic acids is 1. The van der Waals surface area contributed by atoms with Crippen LogP contribution in [0.3, 0.4) is 0 Å². The lowest BCUT2D eigenvalue weighted by Gasteiger charge is -2.18. The molecule has 0 unspecified atom stereocenters. The van der Waals surface area contributed by atoms with Gasteiger partial charge in [0, 0.05) is 25.2 Å². The molecule has 3 amide bonds. The maximum atomic E-state index is 13.0. The highest BCUT2D eigenvalue weighted by molar-refractivity contribution is 5.98. The van der Waals surface area contributed by atoms with E-state index in [-0.39, 0.29) is 42.6 Å². The van der Waals surface area contributed by atoms with Crippen LogP contribution < -0.4 is 20.7 Å². The van der Waals surface area contributed by atoms with Crippen molar-refractivity contribution in [2.75, 3.05) is 11.9 Å². The molecular weight excluding hydrogens is 492 g/mol. The van der Waals surface area contributed by atoms with E-state index in [0.29, 0.717) is 22.6 Å². The molecule has 2 aromatic heterocycles. The van der Waals surface area contributed by atoms with Crippen molar-refractivity contribution in [2.24, 2.45) is 0 Å². The lowest BCUT2D eigenvalue weighted by atomic mass is 10.1. The van der Waals surface area contributed by atoms with Gasteiger partial charge in [0.15, 0.2) is 12.3 Å². The highest BCUT2D eigenvalue weighted by Crippen LogP contribution is 2.28. The minimum absolute atomic E-state index is 0.0272. The zero-order valence-electron chi connectivity index (χ0n) is 20.1. The molecule has 0 fully saturated rings. The Balaban J connectivity index is 1.30. The summed E-state index contributed by atoms with van der Waals surface area (Å²) in [6.07, 6.45) is 1.47. The Labute approximate surface area is 215 Å². The van der Waals surface area contributed by atoms with E-state index in [0.717, 1.165) is 11.1 Å². The molecule has 5 rings (SSSR count). The second-order valence-electron chi connectivity index (χ2n) is 8.61. The highest BCUT2D eigenvalue weighted by Gasteiger charge is 2.19. The molecule has 2 aromatic carbocycles. The Morgan fingerprint density at radius 1 is 1.03 bits per heavy atom. The number of nitrogens with zero attached hydrogens (tertiary/aromatic N) is 3. The van der Waals surface area contributed by atoms with Crippen LogP contribution in [0.25, 0.3) is 5.65 Å². The van der Waals surface area contributed by atoms with Crippen LogP contribution in [0.1, 0.15) is 48.0 Å². The minimum Gasteiger partial charge on any atom is -0.482 e. The fourth-order valence-corrected chi connectivity index (χ4v) is 4.05. The quantitative estimate of drug-likeness (QED) is 0.291. The Morgan fingerprint density at radius 2 is 1.76 bits per heavy atom. The standard InChI is InChI=1S/C26H22N6O6/c1-14-8-15(2-4-17(14)26(36)37)11-28-25(35)20-10-19(30-22-6-7-29-32(20)22)24(34)27-12-16-3-5-21-18(9-16)31-23(33)13-38-21/h2-10H,11-13H2,1H3,(H,27,34)(H,28,35)(H,31,33)(H,36,37). The van der Waals surface area contributed by atoms with Gasteiger partial charge in [0.25, 0.3) is 17.7 Å². The van der Waals surface area contributed by atoms with E-state index < -0.39 is 17.8 Å². The zero-order valence-corrected chi connectivity index (χ0v) is 20.1. The van der Waals surface area contributed by atoms with Crippen LogP contribution in [-0.4, -0.2) is 50.0 Å². The van der Waals surface area contributed by atoms with Crippen LogP contribution in [0.4, 0.5) is 5.69 Å². The summed E-state index contributed by atoms with van der Waals surface area (Å²) in [6, 6.07) is 12.9. The molecule has 38 heavy (non-hydrogen) atoms. The van der Waals surface area contributed by atoms with Gasteiger partial charge in [0.2, 0.25) is 0 Å². The molecule has 12 heteroatoms. The van der Waals surface area contributed by atoms with E-state index >= 15 is 0 Å². The molecule has 0 aliphatic carbocycles. The number of aromatic carboxylic acids is 1. The molecule has 3 heterocycles. The van der Waals surface area contributed by atoms with Gasteiger partial charge in [0.1, 0.15) is 17.1 Å². The number of aromatic nitrogens is 3. The predicted molar refractivity (Wildman–Crippen MR) is 134 cm³/mol. The summed E-state index contributed by atoms with van der Waals surface area (Å²) >= 11 is 0. The van der Waals surface area contributed by atoms with Gasteiger partial charge in [-0.05, 0) is 41.8 Å². The predicted octanol–water partition coefficient (Wildman–Crippen LogP) is 1.93. The topological polar surface area (TPSA) is 164 Å². The van der Waals surface area contributed by atoms with Gasteiger partial charge in [-0.1, -0.05) is 18.2 Å². The molecule has 192 valence electrons. The number of anilines is 1. The Bertz CT molecular complexity index is 1610. The number of carboxylic acid groups (broad SMARTS) is 1. The summed E-state index contributed by atoms with van der Waals surface area (Å²) in [5.74, 6) is -1.71. The molecule has 0 bridgehead atoms. The summed E-state index contributed by atoms with van der Waals surface area (Å²) in [7, 11) is 0. The van der Waals surface area contributed by atoms with E-state index in [2.05, 4.69) is 26.0 Å². The van der Waals surface area contributed by atoms with E-state index in [1.54, 1.807) is 43.3 Å². The van der Waals surface area contributed by atoms with Crippen LogP contribution >= 0.6 is 0 Å². The first-order chi connectivity index (χ1) is 18.3. The van der Waals surface area contributed by atoms with Crippen molar-refractivity contribution in [2.45, 2.75) is 20.0 Å². The van der Waals surface area contributed by atoms with Crippen molar-refractivity contribution in [1.82, 2.24) is 25.2 Å². The largest absolute Gasteiger partial charge is 0.482 e. The summed E-state index contributed by atoms with van der Waals surface area (Å²) < 4.78 is 6.67. The lowest BCUT2D eigenvalue weighted by Crippen LogP contribution is -2.28. The Morgan fingerprint density at radius 3 is 2.53 bits per heavy atom. The van der Waals surface area contributed by atoms with Gasteiger partial charge in [0.05, 0.1) is 17.4 Å². The third-order valence-electron chi connectivity index (χ3n) is 5.93. The minimum atomic E-state index is -1.02. The van der Waals surface area contributed by atoms with Gasteiger partial charge in [-0.3, -0.25) is 14.4 Å². The number of carbonyl (C=O) groups excluding carboxylic acids is 3. The van der Waals surface area contributed by atoms with Crippen molar-refractivity contribution in [3.8, 4) is 5.75 Å². The van der Waals surface area contributed by atoms with Gasteiger partial charge < -0.3 is 25.8 Å². The van der Waals surface area contributed by atoms with Crippen LogP contribution in [0.15, 0.2) is 54.7 Å². The SMILES string of the molecule is Cc1cc(CNC(=O)c2cc(C(=O)NCc3ccc4c(c3)NC(=O)CO4)nc3ccnn23)ccc1C(=O)O. The van der Waals surface area contributed by atoms with Gasteiger partial charge in [-0.15, -0.1) is 0 Å². The molecule has 4 aromatic rings. The molecule has 4 N–H and O–H groups in total. The van der Waals surface area contributed by atoms with E-state index in [1.165, 1.54) is 22.8 Å². The van der Waals surface area contributed by atoms with Crippen molar-refractivity contribution in [3.63, 3.8) is 0 Å². The summed E-state index contributed by atoms with van der Waals surface area (Å²) in [5, 5.41) is 21.6. The molecular formula is C26H22N6O6. The third kappa shape index (κ3) is 5.00. The number of ether oxygens (including phenoxy) is 1. The second-order valence-corrected chi connectivity index (χ2v) is 8.61. The smallest absolute Gasteiger partial charge is 0.335 e. The van der Waals surface area contributed by atoms with Crippen LogP contribution in [0.2, 0.25) is 0 Å². The van der Waals surface area contributed by atoms with Gasteiger partial charge in [-0.25, -0.2) is 14.3 Å².